The van der Waals surface area contributed by atoms with E-state index in [9.17, 15) is 18.9 Å². The highest BCUT2D eigenvalue weighted by Gasteiger charge is 2.23. The van der Waals surface area contributed by atoms with E-state index >= 15 is 0 Å². The van der Waals surface area contributed by atoms with Crippen LogP contribution >= 0.6 is 0 Å². The highest BCUT2D eigenvalue weighted by atomic mass is 19.2. The van der Waals surface area contributed by atoms with E-state index in [0.29, 0.717) is 19.6 Å². The van der Waals surface area contributed by atoms with Crippen LogP contribution in [0.15, 0.2) is 24.5 Å². The first-order valence-corrected chi connectivity index (χ1v) is 6.97. The van der Waals surface area contributed by atoms with Crippen LogP contribution < -0.4 is 10.6 Å². The van der Waals surface area contributed by atoms with Gasteiger partial charge in [0.05, 0.1) is 4.92 Å². The normalized spacial score (nSPS) is 10.5. The number of halogens is 2. The minimum absolute atomic E-state index is 0.0242. The van der Waals surface area contributed by atoms with Gasteiger partial charge in [0.25, 0.3) is 0 Å². The Labute approximate surface area is 136 Å². The van der Waals surface area contributed by atoms with Gasteiger partial charge in [-0.1, -0.05) is 0 Å². The molecule has 0 aliphatic carbocycles. The van der Waals surface area contributed by atoms with E-state index in [0.717, 1.165) is 18.5 Å². The lowest BCUT2D eigenvalue weighted by Crippen LogP contribution is -2.10. The molecule has 0 amide bonds. The molecule has 2 rings (SSSR count). The maximum atomic E-state index is 13.3. The Kier molecular flexibility index (Phi) is 5.90. The molecule has 8 nitrogen and oxygen atoms in total. The molecule has 0 bridgehead atoms. The molecule has 0 atom stereocenters. The summed E-state index contributed by atoms with van der Waals surface area (Å²) in [5.74, 6) is -2.20. The van der Waals surface area contributed by atoms with E-state index < -0.39 is 16.6 Å². The summed E-state index contributed by atoms with van der Waals surface area (Å²) in [6, 6.07) is 3.04. The van der Waals surface area contributed by atoms with Crippen molar-refractivity contribution in [2.45, 2.75) is 6.42 Å². The summed E-state index contributed by atoms with van der Waals surface area (Å²) in [4.78, 5) is 18.3. The molecule has 1 aromatic carbocycles. The van der Waals surface area contributed by atoms with Crippen molar-refractivity contribution in [3.63, 3.8) is 0 Å². The minimum Gasteiger partial charge on any atom is -0.385 e. The molecule has 2 aromatic rings. The highest BCUT2D eigenvalue weighted by Crippen LogP contribution is 2.31. The fourth-order valence-corrected chi connectivity index (χ4v) is 1.91. The van der Waals surface area contributed by atoms with Crippen molar-refractivity contribution in [1.29, 1.82) is 0 Å². The number of methoxy groups -OCH3 is 1. The summed E-state index contributed by atoms with van der Waals surface area (Å²) < 4.78 is 31.1. The van der Waals surface area contributed by atoms with Gasteiger partial charge in [-0.3, -0.25) is 10.1 Å². The van der Waals surface area contributed by atoms with Gasteiger partial charge in [0.1, 0.15) is 6.33 Å². The number of rotatable bonds is 8. The van der Waals surface area contributed by atoms with Gasteiger partial charge in [-0.25, -0.2) is 18.7 Å². The van der Waals surface area contributed by atoms with Crippen LogP contribution in [-0.4, -0.2) is 35.2 Å². The molecule has 24 heavy (non-hydrogen) atoms. The smallest absolute Gasteiger partial charge is 0.353 e. The quantitative estimate of drug-likeness (QED) is 0.433. The Bertz CT molecular complexity index is 730. The SMILES string of the molecule is COCCCNc1ncnc(Nc2ccc(F)c(F)c2)c1[N+](=O)[O-]. The van der Waals surface area contributed by atoms with Crippen molar-refractivity contribution in [2.24, 2.45) is 0 Å². The average Bonchev–Trinajstić information content (AvgIpc) is 2.55. The second-order valence-electron chi connectivity index (χ2n) is 4.70. The second kappa shape index (κ2) is 8.11. The first-order chi connectivity index (χ1) is 11.5. The van der Waals surface area contributed by atoms with Gasteiger partial charge in [0.15, 0.2) is 11.6 Å². The molecule has 0 radical (unpaired) electrons. The minimum atomic E-state index is -1.07. The zero-order valence-corrected chi connectivity index (χ0v) is 12.8. The van der Waals surface area contributed by atoms with Gasteiger partial charge in [-0.15, -0.1) is 0 Å². The highest BCUT2D eigenvalue weighted by molar-refractivity contribution is 5.73. The molecule has 128 valence electrons. The van der Waals surface area contributed by atoms with Crippen LogP contribution in [0.3, 0.4) is 0 Å². The molecule has 2 N–H and O–H groups in total. The summed E-state index contributed by atoms with van der Waals surface area (Å²) in [5, 5.41) is 16.8. The standard InChI is InChI=1S/C14H15F2N5O3/c1-24-6-2-5-17-13-12(21(22)23)14(19-8-18-13)20-9-3-4-10(15)11(16)7-9/h3-4,7-8H,2,5-6H2,1H3,(H2,17,18,19,20). The summed E-state index contributed by atoms with van der Waals surface area (Å²) in [6.07, 6.45) is 1.76. The van der Waals surface area contributed by atoms with Crippen molar-refractivity contribution in [1.82, 2.24) is 9.97 Å². The maximum absolute atomic E-state index is 13.3. The fourth-order valence-electron chi connectivity index (χ4n) is 1.91. The van der Waals surface area contributed by atoms with Gasteiger partial charge in [-0.05, 0) is 18.6 Å². The average molecular weight is 339 g/mol. The van der Waals surface area contributed by atoms with E-state index in [4.69, 9.17) is 4.74 Å². The summed E-state index contributed by atoms with van der Waals surface area (Å²) in [6.45, 7) is 0.905. The predicted molar refractivity (Wildman–Crippen MR) is 83.3 cm³/mol. The third kappa shape index (κ3) is 4.32. The third-order valence-corrected chi connectivity index (χ3v) is 3.00. The van der Waals surface area contributed by atoms with Crippen LogP contribution in [0.5, 0.6) is 0 Å². The van der Waals surface area contributed by atoms with E-state index in [1.165, 1.54) is 6.07 Å². The Morgan fingerprint density at radius 3 is 2.67 bits per heavy atom. The molecular weight excluding hydrogens is 324 g/mol. The van der Waals surface area contributed by atoms with Gasteiger partial charge in [0.2, 0.25) is 11.6 Å². The van der Waals surface area contributed by atoms with Crippen LogP contribution in [0, 0.1) is 21.7 Å². The molecule has 10 heteroatoms. The summed E-state index contributed by atoms with van der Waals surface area (Å²) in [7, 11) is 1.55. The van der Waals surface area contributed by atoms with E-state index in [-0.39, 0.29) is 23.0 Å². The first-order valence-electron chi connectivity index (χ1n) is 6.97. The van der Waals surface area contributed by atoms with Crippen LogP contribution in [0.2, 0.25) is 0 Å². The third-order valence-electron chi connectivity index (χ3n) is 3.00. The monoisotopic (exact) mass is 339 g/mol. The van der Waals surface area contributed by atoms with Gasteiger partial charge >= 0.3 is 5.69 Å². The molecule has 0 saturated heterocycles. The number of nitro groups is 1. The number of nitrogens with one attached hydrogen (secondary N) is 2. The van der Waals surface area contributed by atoms with Crippen molar-refractivity contribution < 1.29 is 18.4 Å². The number of hydrogen-bond acceptors (Lipinski definition) is 7. The molecule has 1 heterocycles. The Hall–Kier alpha value is -2.88. The first kappa shape index (κ1) is 17.5. The molecule has 0 aliphatic heterocycles. The summed E-state index contributed by atoms with van der Waals surface area (Å²) >= 11 is 0. The van der Waals surface area contributed by atoms with Crippen LogP contribution in [0.25, 0.3) is 0 Å². The van der Waals surface area contributed by atoms with E-state index in [2.05, 4.69) is 20.6 Å². The lowest BCUT2D eigenvalue weighted by molar-refractivity contribution is -0.383. The lowest BCUT2D eigenvalue weighted by atomic mass is 10.3. The van der Waals surface area contributed by atoms with Crippen LogP contribution in [-0.2, 0) is 4.74 Å². The topological polar surface area (TPSA) is 102 Å². The maximum Gasteiger partial charge on any atom is 0.353 e. The molecular formula is C14H15F2N5O3. The Morgan fingerprint density at radius 1 is 1.25 bits per heavy atom. The van der Waals surface area contributed by atoms with Crippen molar-refractivity contribution in [3.8, 4) is 0 Å². The summed E-state index contributed by atoms with van der Waals surface area (Å²) in [5.41, 5.74) is -0.263. The molecule has 0 saturated carbocycles. The van der Waals surface area contributed by atoms with Crippen molar-refractivity contribution in [3.05, 3.63) is 46.3 Å². The van der Waals surface area contributed by atoms with Crippen LogP contribution in [0.1, 0.15) is 6.42 Å². The number of ether oxygens (including phenoxy) is 1. The largest absolute Gasteiger partial charge is 0.385 e. The van der Waals surface area contributed by atoms with Crippen LogP contribution in [0.4, 0.5) is 31.8 Å². The molecule has 0 fully saturated rings. The number of aromatic nitrogens is 2. The fraction of sp³-hybridized carbons (Fsp3) is 0.286. The molecule has 1 aromatic heterocycles. The molecule has 0 spiro atoms. The van der Waals surface area contributed by atoms with E-state index in [1.807, 2.05) is 0 Å². The number of benzene rings is 1. The van der Waals surface area contributed by atoms with E-state index in [1.54, 1.807) is 7.11 Å². The zero-order chi connectivity index (χ0) is 17.5. The van der Waals surface area contributed by atoms with Gasteiger partial charge < -0.3 is 15.4 Å². The molecule has 0 unspecified atom stereocenters. The van der Waals surface area contributed by atoms with Crippen molar-refractivity contribution in [2.75, 3.05) is 30.9 Å². The lowest BCUT2D eigenvalue weighted by Gasteiger charge is -2.10. The van der Waals surface area contributed by atoms with Gasteiger partial charge in [0, 0.05) is 32.0 Å². The Balaban J connectivity index is 2.25. The van der Waals surface area contributed by atoms with Crippen molar-refractivity contribution >= 4 is 23.0 Å². The molecule has 0 aliphatic rings. The Morgan fingerprint density at radius 2 is 2.00 bits per heavy atom. The second-order valence-corrected chi connectivity index (χ2v) is 4.70. The number of anilines is 3. The van der Waals surface area contributed by atoms with Gasteiger partial charge in [-0.2, -0.15) is 0 Å². The zero-order valence-electron chi connectivity index (χ0n) is 12.8. The number of hydrogen-bond donors (Lipinski definition) is 2. The predicted octanol–water partition coefficient (Wildman–Crippen LogP) is 2.86. The number of nitrogens with zero attached hydrogens (tertiary/aromatic N) is 3.